The van der Waals surface area contributed by atoms with E-state index >= 15 is 0 Å². The van der Waals surface area contributed by atoms with Crippen molar-refractivity contribution in [3.05, 3.63) is 22.8 Å². The molecule has 0 spiro atoms. The fourth-order valence-corrected chi connectivity index (χ4v) is 3.07. The first-order chi connectivity index (χ1) is 9.85. The summed E-state index contributed by atoms with van der Waals surface area (Å²) in [5, 5.41) is 3.50. The Labute approximate surface area is 130 Å². The molecule has 0 radical (unpaired) electrons. The third-order valence-electron chi connectivity index (χ3n) is 4.74. The predicted molar refractivity (Wildman–Crippen MR) is 88.7 cm³/mol. The van der Waals surface area contributed by atoms with E-state index in [1.165, 1.54) is 29.8 Å². The molecule has 0 bridgehead atoms. The van der Waals surface area contributed by atoms with E-state index in [4.69, 9.17) is 9.97 Å². The van der Waals surface area contributed by atoms with Gasteiger partial charge in [0, 0.05) is 17.3 Å². The van der Waals surface area contributed by atoms with Gasteiger partial charge in [0.25, 0.3) is 0 Å². The van der Waals surface area contributed by atoms with Crippen LogP contribution in [0.2, 0.25) is 0 Å². The molecule has 1 aromatic rings. The van der Waals surface area contributed by atoms with E-state index in [-0.39, 0.29) is 0 Å². The first-order valence-electron chi connectivity index (χ1n) is 8.40. The molecule has 1 N–H and O–H groups in total. The van der Waals surface area contributed by atoms with E-state index in [2.05, 4.69) is 46.9 Å². The second-order valence-corrected chi connectivity index (χ2v) is 7.49. The molecule has 2 atom stereocenters. The van der Waals surface area contributed by atoms with Gasteiger partial charge in [0.05, 0.1) is 0 Å². The summed E-state index contributed by atoms with van der Waals surface area (Å²) in [5.41, 5.74) is 4.12. The van der Waals surface area contributed by atoms with Crippen LogP contribution in [-0.4, -0.2) is 23.1 Å². The van der Waals surface area contributed by atoms with Crippen LogP contribution in [-0.2, 0) is 6.42 Å². The minimum atomic E-state index is 0.401. The van der Waals surface area contributed by atoms with Crippen molar-refractivity contribution >= 4 is 0 Å². The van der Waals surface area contributed by atoms with Gasteiger partial charge in [0.2, 0.25) is 0 Å². The molecule has 1 fully saturated rings. The standard InChI is InChI=1S/C18H31N3/c1-7-8-19-11-12(2)9-15-13(3)20-17(21-14(15)4)16-10-18(16,5)6/h12,16,19H,7-11H2,1-6H3. The van der Waals surface area contributed by atoms with Crippen LogP contribution in [0.1, 0.15) is 69.2 Å². The van der Waals surface area contributed by atoms with Crippen LogP contribution < -0.4 is 5.32 Å². The topological polar surface area (TPSA) is 37.8 Å². The Hall–Kier alpha value is -0.960. The predicted octanol–water partition coefficient (Wildman–Crippen LogP) is 3.79. The van der Waals surface area contributed by atoms with Gasteiger partial charge in [-0.3, -0.25) is 0 Å². The first kappa shape index (κ1) is 16.4. The molecule has 3 heteroatoms. The number of rotatable bonds is 7. The summed E-state index contributed by atoms with van der Waals surface area (Å²) in [6.07, 6.45) is 3.49. The maximum Gasteiger partial charge on any atom is 0.132 e. The van der Waals surface area contributed by atoms with Gasteiger partial charge in [-0.2, -0.15) is 0 Å². The van der Waals surface area contributed by atoms with Gasteiger partial charge >= 0.3 is 0 Å². The summed E-state index contributed by atoms with van der Waals surface area (Å²) in [4.78, 5) is 9.62. The lowest BCUT2D eigenvalue weighted by molar-refractivity contribution is 0.506. The second-order valence-electron chi connectivity index (χ2n) is 7.49. The number of aromatic nitrogens is 2. The zero-order chi connectivity index (χ0) is 15.6. The molecule has 1 saturated carbocycles. The Bertz CT molecular complexity index is 470. The molecular weight excluding hydrogens is 258 g/mol. The van der Waals surface area contributed by atoms with E-state index < -0.39 is 0 Å². The largest absolute Gasteiger partial charge is 0.316 e. The van der Waals surface area contributed by atoms with Gasteiger partial charge in [0.15, 0.2) is 0 Å². The lowest BCUT2D eigenvalue weighted by atomic mass is 9.98. The Kier molecular flexibility index (Phi) is 5.03. The van der Waals surface area contributed by atoms with Crippen molar-refractivity contribution in [2.45, 2.75) is 66.7 Å². The third-order valence-corrected chi connectivity index (χ3v) is 4.74. The van der Waals surface area contributed by atoms with Gasteiger partial charge in [0.1, 0.15) is 5.82 Å². The molecule has 0 saturated heterocycles. The van der Waals surface area contributed by atoms with Crippen molar-refractivity contribution in [3.63, 3.8) is 0 Å². The van der Waals surface area contributed by atoms with Crippen LogP contribution in [0.25, 0.3) is 0 Å². The molecule has 2 rings (SSSR count). The average Bonchev–Trinajstić information content (AvgIpc) is 3.03. The molecular formula is C18H31N3. The molecule has 1 aliphatic carbocycles. The average molecular weight is 289 g/mol. The van der Waals surface area contributed by atoms with Crippen LogP contribution in [0.3, 0.4) is 0 Å². The third kappa shape index (κ3) is 4.03. The molecule has 0 amide bonds. The number of hydrogen-bond acceptors (Lipinski definition) is 3. The van der Waals surface area contributed by atoms with Gasteiger partial charge in [-0.15, -0.1) is 0 Å². The molecule has 0 aromatic carbocycles. The van der Waals surface area contributed by atoms with Crippen molar-refractivity contribution in [2.24, 2.45) is 11.3 Å². The molecule has 3 nitrogen and oxygen atoms in total. The maximum absolute atomic E-state index is 4.81. The first-order valence-corrected chi connectivity index (χ1v) is 8.40. The van der Waals surface area contributed by atoms with Crippen molar-refractivity contribution < 1.29 is 0 Å². The van der Waals surface area contributed by atoms with E-state index in [9.17, 15) is 0 Å². The molecule has 1 aliphatic rings. The summed E-state index contributed by atoms with van der Waals surface area (Å²) < 4.78 is 0. The maximum atomic E-state index is 4.81. The number of nitrogens with zero attached hydrogens (tertiary/aromatic N) is 2. The van der Waals surface area contributed by atoms with Crippen LogP contribution >= 0.6 is 0 Å². The van der Waals surface area contributed by atoms with Gasteiger partial charge < -0.3 is 5.32 Å². The smallest absolute Gasteiger partial charge is 0.132 e. The van der Waals surface area contributed by atoms with E-state index in [1.807, 2.05) is 0 Å². The fourth-order valence-electron chi connectivity index (χ4n) is 3.07. The molecule has 1 heterocycles. The highest BCUT2D eigenvalue weighted by Crippen LogP contribution is 2.57. The summed E-state index contributed by atoms with van der Waals surface area (Å²) in [6.45, 7) is 15.6. The van der Waals surface area contributed by atoms with Crippen LogP contribution in [0.4, 0.5) is 0 Å². The highest BCUT2D eigenvalue weighted by atomic mass is 14.9. The Balaban J connectivity index is 2.04. The molecule has 1 aromatic heterocycles. The highest BCUT2D eigenvalue weighted by Gasteiger charge is 2.48. The SMILES string of the molecule is CCCNCC(C)Cc1c(C)nc(C2CC2(C)C)nc1C. The summed E-state index contributed by atoms with van der Waals surface area (Å²) >= 11 is 0. The van der Waals surface area contributed by atoms with Gasteiger partial charge in [-0.1, -0.05) is 27.7 Å². The Morgan fingerprint density at radius 1 is 1.24 bits per heavy atom. The second kappa shape index (κ2) is 6.43. The number of hydrogen-bond donors (Lipinski definition) is 1. The molecule has 118 valence electrons. The van der Waals surface area contributed by atoms with Crippen LogP contribution in [0, 0.1) is 25.2 Å². The highest BCUT2D eigenvalue weighted by molar-refractivity contribution is 5.28. The summed E-state index contributed by atoms with van der Waals surface area (Å²) in [7, 11) is 0. The Morgan fingerprint density at radius 2 is 1.81 bits per heavy atom. The molecule has 0 aliphatic heterocycles. The van der Waals surface area contributed by atoms with Crippen molar-refractivity contribution in [1.82, 2.24) is 15.3 Å². The quantitative estimate of drug-likeness (QED) is 0.776. The zero-order valence-electron chi connectivity index (χ0n) is 14.6. The van der Waals surface area contributed by atoms with E-state index in [0.29, 0.717) is 17.3 Å². The van der Waals surface area contributed by atoms with E-state index in [0.717, 1.165) is 25.3 Å². The lowest BCUT2D eigenvalue weighted by Crippen LogP contribution is -2.23. The normalized spacial score (nSPS) is 21.3. The Morgan fingerprint density at radius 3 is 2.29 bits per heavy atom. The number of nitrogens with one attached hydrogen (secondary N) is 1. The molecule has 21 heavy (non-hydrogen) atoms. The lowest BCUT2D eigenvalue weighted by Gasteiger charge is -2.16. The van der Waals surface area contributed by atoms with Crippen LogP contribution in [0.15, 0.2) is 0 Å². The fraction of sp³-hybridized carbons (Fsp3) is 0.778. The minimum absolute atomic E-state index is 0.401. The van der Waals surface area contributed by atoms with Crippen molar-refractivity contribution in [1.29, 1.82) is 0 Å². The number of aryl methyl sites for hydroxylation is 2. The summed E-state index contributed by atoms with van der Waals surface area (Å²) in [6, 6.07) is 0. The monoisotopic (exact) mass is 289 g/mol. The van der Waals surface area contributed by atoms with Gasteiger partial charge in [-0.05, 0) is 63.1 Å². The summed E-state index contributed by atoms with van der Waals surface area (Å²) in [5.74, 6) is 2.25. The van der Waals surface area contributed by atoms with Crippen molar-refractivity contribution in [2.75, 3.05) is 13.1 Å². The van der Waals surface area contributed by atoms with Crippen LogP contribution in [0.5, 0.6) is 0 Å². The van der Waals surface area contributed by atoms with Crippen molar-refractivity contribution in [3.8, 4) is 0 Å². The zero-order valence-corrected chi connectivity index (χ0v) is 14.6. The molecule has 2 unspecified atom stereocenters. The minimum Gasteiger partial charge on any atom is -0.316 e. The van der Waals surface area contributed by atoms with E-state index in [1.54, 1.807) is 0 Å². The van der Waals surface area contributed by atoms with Gasteiger partial charge in [-0.25, -0.2) is 9.97 Å².